The minimum Gasteiger partial charge on any atom is -0.352 e. The number of sulfone groups is 1. The lowest BCUT2D eigenvalue weighted by atomic mass is 10.3. The molecular weight excluding hydrogens is 345 g/mol. The molecule has 1 fully saturated rings. The second kappa shape index (κ2) is 6.08. The van der Waals surface area contributed by atoms with Gasteiger partial charge >= 0.3 is 0 Å². The Balaban J connectivity index is 1.84. The van der Waals surface area contributed by atoms with E-state index in [1.54, 1.807) is 12.3 Å². The molecule has 1 aliphatic heterocycles. The van der Waals surface area contributed by atoms with Crippen molar-refractivity contribution in [2.24, 2.45) is 0 Å². The highest BCUT2D eigenvalue weighted by Crippen LogP contribution is 2.30. The second-order valence-corrected chi connectivity index (χ2v) is 7.67. The van der Waals surface area contributed by atoms with E-state index in [2.05, 4.69) is 25.4 Å². The van der Waals surface area contributed by atoms with Crippen molar-refractivity contribution in [1.29, 1.82) is 0 Å². The zero-order chi connectivity index (χ0) is 17.4. The number of nitrogens with one attached hydrogen (secondary N) is 2. The Morgan fingerprint density at radius 2 is 1.96 bits per heavy atom. The van der Waals surface area contributed by atoms with Gasteiger partial charge in [-0.2, -0.15) is 5.10 Å². The SMILES string of the molecule is O=S(=O)(c1cccc(F)c1)c1[nH]nc2c(N3CCNCC3)nccc12. The first-order valence-corrected chi connectivity index (χ1v) is 9.35. The van der Waals surface area contributed by atoms with Crippen molar-refractivity contribution in [2.45, 2.75) is 9.92 Å². The standard InChI is InChI=1S/C16H16FN5O2S/c17-11-2-1-3-12(10-11)25(23,24)16-13-4-5-19-15(14(13)20-21-16)22-8-6-18-7-9-22/h1-5,10,18H,6-9H2,(H,20,21). The summed E-state index contributed by atoms with van der Waals surface area (Å²) in [6, 6.07) is 6.55. The monoisotopic (exact) mass is 361 g/mol. The third kappa shape index (κ3) is 2.75. The molecule has 25 heavy (non-hydrogen) atoms. The van der Waals surface area contributed by atoms with Gasteiger partial charge in [0.2, 0.25) is 9.84 Å². The Bertz CT molecular complexity index is 1030. The van der Waals surface area contributed by atoms with Gasteiger partial charge in [0, 0.05) is 37.8 Å². The van der Waals surface area contributed by atoms with Crippen LogP contribution in [0.15, 0.2) is 46.5 Å². The van der Waals surface area contributed by atoms with Gasteiger partial charge in [-0.05, 0) is 24.3 Å². The van der Waals surface area contributed by atoms with Crippen LogP contribution >= 0.6 is 0 Å². The van der Waals surface area contributed by atoms with Gasteiger partial charge in [0.1, 0.15) is 11.3 Å². The molecule has 0 amide bonds. The normalized spacial score (nSPS) is 15.6. The van der Waals surface area contributed by atoms with Crippen molar-refractivity contribution in [1.82, 2.24) is 20.5 Å². The summed E-state index contributed by atoms with van der Waals surface area (Å²) in [4.78, 5) is 6.33. The molecule has 2 aromatic heterocycles. The number of aromatic nitrogens is 3. The van der Waals surface area contributed by atoms with Gasteiger partial charge in [0.15, 0.2) is 10.8 Å². The van der Waals surface area contributed by atoms with Crippen molar-refractivity contribution >= 4 is 26.6 Å². The van der Waals surface area contributed by atoms with E-state index < -0.39 is 15.7 Å². The number of hydrogen-bond acceptors (Lipinski definition) is 6. The van der Waals surface area contributed by atoms with Crippen molar-refractivity contribution < 1.29 is 12.8 Å². The highest BCUT2D eigenvalue weighted by Gasteiger charge is 2.26. The Labute approximate surface area is 143 Å². The molecule has 0 radical (unpaired) electrons. The van der Waals surface area contributed by atoms with Gasteiger partial charge in [0.05, 0.1) is 4.90 Å². The van der Waals surface area contributed by atoms with Crippen molar-refractivity contribution in [2.75, 3.05) is 31.1 Å². The average molecular weight is 361 g/mol. The lowest BCUT2D eigenvalue weighted by Crippen LogP contribution is -2.44. The molecule has 3 heterocycles. The van der Waals surface area contributed by atoms with Crippen LogP contribution in [0.3, 0.4) is 0 Å². The average Bonchev–Trinajstić information content (AvgIpc) is 3.07. The molecule has 1 aliphatic rings. The predicted molar refractivity (Wildman–Crippen MR) is 90.8 cm³/mol. The second-order valence-electron chi connectivity index (χ2n) is 5.78. The lowest BCUT2D eigenvalue weighted by Gasteiger charge is -2.28. The summed E-state index contributed by atoms with van der Waals surface area (Å²) < 4.78 is 39.2. The molecule has 0 bridgehead atoms. The Hall–Kier alpha value is -2.52. The van der Waals surface area contributed by atoms with Gasteiger partial charge in [-0.15, -0.1) is 0 Å². The minimum absolute atomic E-state index is 0.0492. The molecule has 0 unspecified atom stereocenters. The van der Waals surface area contributed by atoms with Crippen LogP contribution in [0.25, 0.3) is 10.9 Å². The maximum atomic E-state index is 13.4. The zero-order valence-electron chi connectivity index (χ0n) is 13.2. The molecular formula is C16H16FN5O2S. The molecule has 1 saturated heterocycles. The first-order valence-electron chi connectivity index (χ1n) is 7.87. The molecule has 2 N–H and O–H groups in total. The fourth-order valence-corrected chi connectivity index (χ4v) is 4.35. The molecule has 7 nitrogen and oxygen atoms in total. The highest BCUT2D eigenvalue weighted by atomic mass is 32.2. The summed E-state index contributed by atoms with van der Waals surface area (Å²) in [5.41, 5.74) is 0.499. The van der Waals surface area contributed by atoms with E-state index in [0.29, 0.717) is 16.7 Å². The van der Waals surface area contributed by atoms with E-state index in [4.69, 9.17) is 0 Å². The Morgan fingerprint density at radius 3 is 2.72 bits per heavy atom. The first-order chi connectivity index (χ1) is 12.1. The summed E-state index contributed by atoms with van der Waals surface area (Å²) in [5, 5.41) is 10.5. The van der Waals surface area contributed by atoms with Gasteiger partial charge in [0.25, 0.3) is 0 Å². The number of benzene rings is 1. The fraction of sp³-hybridized carbons (Fsp3) is 0.250. The minimum atomic E-state index is -3.91. The number of nitrogens with zero attached hydrogens (tertiary/aromatic N) is 3. The Morgan fingerprint density at radius 1 is 1.16 bits per heavy atom. The highest BCUT2D eigenvalue weighted by molar-refractivity contribution is 7.91. The number of halogens is 1. The molecule has 0 saturated carbocycles. The Kier molecular flexibility index (Phi) is 3.89. The van der Waals surface area contributed by atoms with Crippen LogP contribution in [-0.2, 0) is 9.84 Å². The van der Waals surface area contributed by atoms with Crippen molar-refractivity contribution in [3.63, 3.8) is 0 Å². The predicted octanol–water partition coefficient (Wildman–Crippen LogP) is 1.34. The first kappa shape index (κ1) is 16.0. The van der Waals surface area contributed by atoms with Crippen LogP contribution < -0.4 is 10.2 Å². The van der Waals surface area contributed by atoms with Crippen LogP contribution in [0.4, 0.5) is 10.2 Å². The molecule has 1 aromatic carbocycles. The maximum Gasteiger partial charge on any atom is 0.224 e. The topological polar surface area (TPSA) is 91.0 Å². The van der Waals surface area contributed by atoms with E-state index in [1.165, 1.54) is 18.2 Å². The van der Waals surface area contributed by atoms with Gasteiger partial charge in [-0.1, -0.05) is 6.07 Å². The third-order valence-electron chi connectivity index (χ3n) is 4.21. The van der Waals surface area contributed by atoms with E-state index in [9.17, 15) is 12.8 Å². The third-order valence-corrected chi connectivity index (χ3v) is 5.93. The number of rotatable bonds is 3. The van der Waals surface area contributed by atoms with Crippen LogP contribution in [0.2, 0.25) is 0 Å². The summed E-state index contributed by atoms with van der Waals surface area (Å²) >= 11 is 0. The number of hydrogen-bond donors (Lipinski definition) is 2. The number of anilines is 1. The number of H-pyrrole nitrogens is 1. The fourth-order valence-electron chi connectivity index (χ4n) is 2.97. The zero-order valence-corrected chi connectivity index (χ0v) is 14.1. The number of pyridine rings is 1. The van der Waals surface area contributed by atoms with Crippen LogP contribution in [0.5, 0.6) is 0 Å². The van der Waals surface area contributed by atoms with Gasteiger partial charge < -0.3 is 10.2 Å². The molecule has 0 atom stereocenters. The summed E-state index contributed by atoms with van der Waals surface area (Å²) in [7, 11) is -3.91. The smallest absolute Gasteiger partial charge is 0.224 e. The van der Waals surface area contributed by atoms with Crippen LogP contribution in [0, 0.1) is 5.82 Å². The summed E-state index contributed by atoms with van der Waals surface area (Å²) in [6.45, 7) is 3.20. The molecule has 9 heteroatoms. The number of fused-ring (bicyclic) bond motifs is 1. The van der Waals surface area contributed by atoms with Crippen LogP contribution in [0.1, 0.15) is 0 Å². The van der Waals surface area contributed by atoms with E-state index in [0.717, 1.165) is 32.2 Å². The molecule has 130 valence electrons. The molecule has 0 spiro atoms. The van der Waals surface area contributed by atoms with E-state index >= 15 is 0 Å². The van der Waals surface area contributed by atoms with Crippen molar-refractivity contribution in [3.05, 3.63) is 42.3 Å². The van der Waals surface area contributed by atoms with Gasteiger partial charge in [-0.3, -0.25) is 5.10 Å². The lowest BCUT2D eigenvalue weighted by molar-refractivity contribution is 0.586. The number of aromatic amines is 1. The maximum absolute atomic E-state index is 13.4. The van der Waals surface area contributed by atoms with E-state index in [-0.39, 0.29) is 9.92 Å². The van der Waals surface area contributed by atoms with Crippen molar-refractivity contribution in [3.8, 4) is 0 Å². The van der Waals surface area contributed by atoms with Crippen LogP contribution in [-0.4, -0.2) is 49.8 Å². The molecule has 4 rings (SSSR count). The summed E-state index contributed by atoms with van der Waals surface area (Å²) in [6.07, 6.45) is 1.57. The largest absolute Gasteiger partial charge is 0.352 e. The molecule has 0 aliphatic carbocycles. The van der Waals surface area contributed by atoms with Gasteiger partial charge in [-0.25, -0.2) is 17.8 Å². The summed E-state index contributed by atoms with van der Waals surface area (Å²) in [5.74, 6) is 0.0454. The number of piperazine rings is 1. The molecule has 3 aromatic rings. The van der Waals surface area contributed by atoms with E-state index in [1.807, 2.05) is 0 Å². The quantitative estimate of drug-likeness (QED) is 0.732.